The van der Waals surface area contributed by atoms with Gasteiger partial charge in [-0.25, -0.2) is 13.8 Å². The number of hydrogen-bond acceptors (Lipinski definition) is 4. The first kappa shape index (κ1) is 23.1. The quantitative estimate of drug-likeness (QED) is 0.212. The van der Waals surface area contributed by atoms with Crippen molar-refractivity contribution in [1.29, 1.82) is 0 Å². The summed E-state index contributed by atoms with van der Waals surface area (Å²) in [4.78, 5) is 16.9. The fraction of sp³-hybridized carbons (Fsp3) is 0.0370. The Morgan fingerprint density at radius 3 is 2.06 bits per heavy atom. The molecule has 5 rings (SSSR count). The number of benzene rings is 4. The predicted octanol–water partition coefficient (Wildman–Crippen LogP) is 6.98. The molecule has 0 aliphatic carbocycles. The molecule has 36 heavy (non-hydrogen) atoms. The van der Waals surface area contributed by atoms with Gasteiger partial charge in [0.05, 0.1) is 7.11 Å². The summed E-state index contributed by atoms with van der Waals surface area (Å²) in [6.45, 7) is 0. The number of ether oxygens (including phenoxy) is 1. The summed E-state index contributed by atoms with van der Waals surface area (Å²) < 4.78 is 66.6. The van der Waals surface area contributed by atoms with Crippen molar-refractivity contribution in [2.45, 2.75) is 0 Å². The Morgan fingerprint density at radius 1 is 0.806 bits per heavy atom. The molecule has 0 unspecified atom stereocenters. The number of halogens is 4. The zero-order valence-corrected chi connectivity index (χ0v) is 18.6. The lowest BCUT2D eigenvalue weighted by Gasteiger charge is -2.11. The van der Waals surface area contributed by atoms with Crippen LogP contribution in [0.4, 0.5) is 23.2 Å². The van der Waals surface area contributed by atoms with Crippen molar-refractivity contribution in [2.75, 3.05) is 12.4 Å². The van der Waals surface area contributed by atoms with Gasteiger partial charge in [0.25, 0.3) is 5.91 Å². The topological polar surface area (TPSA) is 64.4 Å². The Morgan fingerprint density at radius 2 is 1.42 bits per heavy atom. The van der Waals surface area contributed by atoms with Crippen LogP contribution in [0.25, 0.3) is 33.7 Å². The third kappa shape index (κ3) is 4.04. The second-order valence-electron chi connectivity index (χ2n) is 7.76. The lowest BCUT2D eigenvalue weighted by Crippen LogP contribution is -2.18. The number of fused-ring (bicyclic) bond motifs is 1. The SMILES string of the molecule is COc1c(F)c(F)c(C(=O)Nc2ccc3oc(-c4ccc(-c5ccccc5)cc4)nc3c2)c(F)c1F. The third-order valence-electron chi connectivity index (χ3n) is 5.54. The van der Waals surface area contributed by atoms with Crippen LogP contribution < -0.4 is 10.1 Å². The Kier molecular flexibility index (Phi) is 5.89. The maximum atomic E-state index is 14.3. The van der Waals surface area contributed by atoms with Gasteiger partial charge in [-0.2, -0.15) is 8.78 Å². The minimum atomic E-state index is -1.87. The van der Waals surface area contributed by atoms with Crippen LogP contribution in [0.3, 0.4) is 0 Å². The van der Waals surface area contributed by atoms with E-state index in [2.05, 4.69) is 15.0 Å². The second kappa shape index (κ2) is 9.18. The van der Waals surface area contributed by atoms with Gasteiger partial charge in [0, 0.05) is 11.3 Å². The number of hydrogen-bond donors (Lipinski definition) is 1. The first-order valence-corrected chi connectivity index (χ1v) is 10.6. The molecule has 0 aliphatic heterocycles. The summed E-state index contributed by atoms with van der Waals surface area (Å²) in [6, 6.07) is 21.7. The molecule has 5 nitrogen and oxygen atoms in total. The van der Waals surface area contributed by atoms with Crippen LogP contribution in [0.15, 0.2) is 77.2 Å². The largest absolute Gasteiger partial charge is 0.491 e. The lowest BCUT2D eigenvalue weighted by atomic mass is 10.0. The maximum Gasteiger partial charge on any atom is 0.261 e. The minimum Gasteiger partial charge on any atom is -0.491 e. The smallest absolute Gasteiger partial charge is 0.261 e. The second-order valence-corrected chi connectivity index (χ2v) is 7.76. The summed E-state index contributed by atoms with van der Waals surface area (Å²) in [5.41, 5.74) is 2.21. The molecular formula is C27H16F4N2O3. The van der Waals surface area contributed by atoms with Gasteiger partial charge in [-0.15, -0.1) is 0 Å². The van der Waals surface area contributed by atoms with Crippen LogP contribution in [-0.2, 0) is 0 Å². The highest BCUT2D eigenvalue weighted by molar-refractivity contribution is 6.05. The molecule has 0 bridgehead atoms. The zero-order chi connectivity index (χ0) is 25.4. The van der Waals surface area contributed by atoms with E-state index in [1.165, 1.54) is 18.2 Å². The molecule has 5 aromatic rings. The van der Waals surface area contributed by atoms with Gasteiger partial charge in [-0.05, 0) is 41.5 Å². The number of carbonyl (C=O) groups excluding carboxylic acids is 1. The van der Waals surface area contributed by atoms with Crippen molar-refractivity contribution in [3.05, 3.63) is 102 Å². The van der Waals surface area contributed by atoms with Crippen LogP contribution in [-0.4, -0.2) is 18.0 Å². The van der Waals surface area contributed by atoms with E-state index in [9.17, 15) is 22.4 Å². The van der Waals surface area contributed by atoms with Crippen molar-refractivity contribution >= 4 is 22.7 Å². The number of oxazole rings is 1. The van der Waals surface area contributed by atoms with Gasteiger partial charge >= 0.3 is 0 Å². The molecule has 1 aromatic heterocycles. The molecule has 1 amide bonds. The number of aromatic nitrogens is 1. The lowest BCUT2D eigenvalue weighted by molar-refractivity contribution is 0.101. The van der Waals surface area contributed by atoms with Crippen LogP contribution in [0.5, 0.6) is 5.75 Å². The molecule has 0 fully saturated rings. The van der Waals surface area contributed by atoms with Gasteiger partial charge in [-0.3, -0.25) is 4.79 Å². The van der Waals surface area contributed by atoms with Crippen LogP contribution in [0.1, 0.15) is 10.4 Å². The number of carbonyl (C=O) groups is 1. The number of methoxy groups -OCH3 is 1. The van der Waals surface area contributed by atoms with Crippen molar-refractivity contribution < 1.29 is 31.5 Å². The van der Waals surface area contributed by atoms with Crippen LogP contribution in [0.2, 0.25) is 0 Å². The van der Waals surface area contributed by atoms with Gasteiger partial charge in [0.1, 0.15) is 11.1 Å². The summed E-state index contributed by atoms with van der Waals surface area (Å²) in [5.74, 6) is -9.67. The third-order valence-corrected chi connectivity index (χ3v) is 5.54. The molecule has 0 radical (unpaired) electrons. The van der Waals surface area contributed by atoms with E-state index >= 15 is 0 Å². The van der Waals surface area contributed by atoms with Gasteiger partial charge in [0.15, 0.2) is 23.0 Å². The number of amides is 1. The molecule has 0 spiro atoms. The molecule has 1 heterocycles. The highest BCUT2D eigenvalue weighted by Gasteiger charge is 2.30. The number of nitrogens with one attached hydrogen (secondary N) is 1. The molecule has 0 saturated heterocycles. The fourth-order valence-corrected chi connectivity index (χ4v) is 3.75. The van der Waals surface area contributed by atoms with Gasteiger partial charge < -0.3 is 14.5 Å². The Balaban J connectivity index is 1.41. The normalized spacial score (nSPS) is 11.0. The average Bonchev–Trinajstić information content (AvgIpc) is 3.32. The molecule has 0 atom stereocenters. The van der Waals surface area contributed by atoms with Gasteiger partial charge in [0.2, 0.25) is 17.5 Å². The Hall–Kier alpha value is -4.66. The van der Waals surface area contributed by atoms with E-state index in [1.54, 1.807) is 0 Å². The highest BCUT2D eigenvalue weighted by Crippen LogP contribution is 2.31. The molecule has 180 valence electrons. The van der Waals surface area contributed by atoms with Crippen molar-refractivity contribution in [2.24, 2.45) is 0 Å². The van der Waals surface area contributed by atoms with E-state index in [1.807, 2.05) is 54.6 Å². The standard InChI is InChI=1S/C27H16F4N2O3/c1-35-25-23(30)21(28)20(22(29)24(25)31)26(34)32-17-11-12-19-18(13-17)33-27(36-19)16-9-7-15(8-10-16)14-5-3-2-4-6-14/h2-13H,1H3,(H,32,34). The first-order chi connectivity index (χ1) is 17.4. The predicted molar refractivity (Wildman–Crippen MR) is 126 cm³/mol. The minimum absolute atomic E-state index is 0.0854. The van der Waals surface area contributed by atoms with E-state index in [0.29, 0.717) is 22.6 Å². The molecule has 1 N–H and O–H groups in total. The van der Waals surface area contributed by atoms with Gasteiger partial charge in [-0.1, -0.05) is 42.5 Å². The fourth-order valence-electron chi connectivity index (χ4n) is 3.75. The van der Waals surface area contributed by atoms with Crippen molar-refractivity contribution in [3.63, 3.8) is 0 Å². The number of nitrogens with zero attached hydrogens (tertiary/aromatic N) is 1. The monoisotopic (exact) mass is 492 g/mol. The number of rotatable bonds is 5. The maximum absolute atomic E-state index is 14.3. The molecule has 0 aliphatic rings. The molecule has 9 heteroatoms. The summed E-state index contributed by atoms with van der Waals surface area (Å²) >= 11 is 0. The van der Waals surface area contributed by atoms with E-state index in [4.69, 9.17) is 4.42 Å². The average molecular weight is 492 g/mol. The zero-order valence-electron chi connectivity index (χ0n) is 18.6. The highest BCUT2D eigenvalue weighted by atomic mass is 19.2. The molecular weight excluding hydrogens is 476 g/mol. The molecule has 4 aromatic carbocycles. The summed E-state index contributed by atoms with van der Waals surface area (Å²) in [7, 11) is 0.846. The Labute approximate surface area is 202 Å². The first-order valence-electron chi connectivity index (χ1n) is 10.6. The Bertz CT molecular complexity index is 1570. The van der Waals surface area contributed by atoms with Crippen molar-refractivity contribution in [1.82, 2.24) is 4.98 Å². The van der Waals surface area contributed by atoms with E-state index in [0.717, 1.165) is 18.2 Å². The number of anilines is 1. The summed E-state index contributed by atoms with van der Waals surface area (Å²) in [6.07, 6.45) is 0. The molecule has 0 saturated carbocycles. The van der Waals surface area contributed by atoms with Crippen molar-refractivity contribution in [3.8, 4) is 28.3 Å². The summed E-state index contributed by atoms with van der Waals surface area (Å²) in [5, 5.41) is 2.22. The van der Waals surface area contributed by atoms with E-state index in [-0.39, 0.29) is 5.69 Å². The van der Waals surface area contributed by atoms with Crippen LogP contribution in [0, 0.1) is 23.3 Å². The van der Waals surface area contributed by atoms with Crippen LogP contribution >= 0.6 is 0 Å². The van der Waals surface area contributed by atoms with E-state index < -0.39 is 40.5 Å².